The number of benzene rings is 1. The number of aromatic nitrogens is 2. The van der Waals surface area contributed by atoms with Crippen molar-refractivity contribution in [2.75, 3.05) is 64.2 Å². The highest BCUT2D eigenvalue weighted by atomic mass is 28.3. The van der Waals surface area contributed by atoms with Gasteiger partial charge in [0.25, 0.3) is 11.9 Å². The minimum atomic E-state index is -1.50. The Morgan fingerprint density at radius 1 is 1.10 bits per heavy atom. The van der Waals surface area contributed by atoms with Crippen molar-refractivity contribution in [3.63, 3.8) is 0 Å². The first-order chi connectivity index (χ1) is 20.3. The number of fused-ring (bicyclic) bond motifs is 1. The van der Waals surface area contributed by atoms with Gasteiger partial charge in [-0.2, -0.15) is 9.97 Å². The molecule has 0 radical (unpaired) electrons. The summed E-state index contributed by atoms with van der Waals surface area (Å²) in [6.45, 7) is 11.9. The van der Waals surface area contributed by atoms with Gasteiger partial charge in [0.2, 0.25) is 17.7 Å². The number of nitrogens with zero attached hydrogens (tertiary/aromatic N) is 3. The number of amides is 1. The van der Waals surface area contributed by atoms with Crippen LogP contribution in [0, 0.1) is 6.92 Å². The molecule has 42 heavy (non-hydrogen) atoms. The third-order valence-corrected chi connectivity index (χ3v) is 11.4. The molecule has 0 bridgehead atoms. The lowest BCUT2D eigenvalue weighted by atomic mass is 10.1. The first-order valence-electron chi connectivity index (χ1n) is 14.5. The smallest absolute Gasteiger partial charge is 0.291 e. The third-order valence-electron chi connectivity index (χ3n) is 7.90. The van der Waals surface area contributed by atoms with Gasteiger partial charge in [-0.05, 0) is 49.6 Å². The van der Waals surface area contributed by atoms with Gasteiger partial charge < -0.3 is 34.0 Å². The molecular formula is C30H41N5O6Si. The number of carbonyl (C=O) groups excluding carboxylic acids is 1. The van der Waals surface area contributed by atoms with Crippen molar-refractivity contribution in [3.05, 3.63) is 41.2 Å². The van der Waals surface area contributed by atoms with Crippen LogP contribution < -0.4 is 30.0 Å². The van der Waals surface area contributed by atoms with E-state index in [-0.39, 0.29) is 29.2 Å². The maximum atomic E-state index is 13.2. The SMILES string of the molecule is COc1nc(NCCCN2CCOCC2)nc(OC)c1NC(=O)c1ccc(Oc2cc3c(cc2C)CCC[Si]3(C)C)o1. The molecule has 0 spiro atoms. The van der Waals surface area contributed by atoms with E-state index < -0.39 is 14.0 Å². The van der Waals surface area contributed by atoms with Gasteiger partial charge in [0.15, 0.2) is 11.4 Å². The number of ether oxygens (including phenoxy) is 4. The van der Waals surface area contributed by atoms with E-state index in [9.17, 15) is 4.79 Å². The van der Waals surface area contributed by atoms with Crippen LogP contribution in [0.25, 0.3) is 0 Å². The summed E-state index contributed by atoms with van der Waals surface area (Å²) >= 11 is 0. The molecule has 1 saturated heterocycles. The van der Waals surface area contributed by atoms with Crippen molar-refractivity contribution >= 4 is 30.8 Å². The quantitative estimate of drug-likeness (QED) is 0.243. The largest absolute Gasteiger partial charge is 0.479 e. The number of furan rings is 1. The molecule has 0 saturated carbocycles. The van der Waals surface area contributed by atoms with Crippen LogP contribution in [0.15, 0.2) is 28.7 Å². The van der Waals surface area contributed by atoms with Crippen LogP contribution in [0.4, 0.5) is 11.6 Å². The van der Waals surface area contributed by atoms with Crippen molar-refractivity contribution in [1.82, 2.24) is 14.9 Å². The van der Waals surface area contributed by atoms with Crippen molar-refractivity contribution < 1.29 is 28.2 Å². The molecule has 0 aliphatic carbocycles. The van der Waals surface area contributed by atoms with Gasteiger partial charge in [-0.25, -0.2) is 0 Å². The lowest BCUT2D eigenvalue weighted by molar-refractivity contribution is 0.0378. The molecule has 11 nitrogen and oxygen atoms in total. The highest BCUT2D eigenvalue weighted by Gasteiger charge is 2.30. The maximum absolute atomic E-state index is 13.2. The van der Waals surface area contributed by atoms with Crippen LogP contribution >= 0.6 is 0 Å². The number of methoxy groups -OCH3 is 2. The van der Waals surface area contributed by atoms with Crippen molar-refractivity contribution in [2.24, 2.45) is 0 Å². The van der Waals surface area contributed by atoms with Gasteiger partial charge >= 0.3 is 0 Å². The van der Waals surface area contributed by atoms with E-state index in [1.165, 1.54) is 37.4 Å². The zero-order valence-electron chi connectivity index (χ0n) is 25.2. The van der Waals surface area contributed by atoms with Crippen LogP contribution in [-0.2, 0) is 11.2 Å². The molecule has 2 N–H and O–H groups in total. The zero-order chi connectivity index (χ0) is 29.7. The number of aryl methyl sites for hydroxylation is 2. The second kappa shape index (κ2) is 13.1. The Balaban J connectivity index is 1.24. The van der Waals surface area contributed by atoms with Gasteiger partial charge in [-0.3, -0.25) is 9.69 Å². The lowest BCUT2D eigenvalue weighted by Gasteiger charge is -2.31. The van der Waals surface area contributed by atoms with E-state index in [0.29, 0.717) is 12.5 Å². The average Bonchev–Trinajstić information content (AvgIpc) is 3.45. The Bertz CT molecular complexity index is 1380. The molecule has 0 unspecified atom stereocenters. The molecule has 3 aromatic rings. The number of nitrogens with one attached hydrogen (secondary N) is 2. The molecule has 4 heterocycles. The average molecular weight is 596 g/mol. The van der Waals surface area contributed by atoms with Gasteiger partial charge in [0.1, 0.15) is 5.75 Å². The van der Waals surface area contributed by atoms with Crippen molar-refractivity contribution in [3.8, 4) is 23.5 Å². The minimum absolute atomic E-state index is 0.0738. The molecule has 1 fully saturated rings. The van der Waals surface area contributed by atoms with Crippen molar-refractivity contribution in [1.29, 1.82) is 0 Å². The fourth-order valence-corrected chi connectivity index (χ4v) is 8.48. The molecule has 1 aromatic carbocycles. The summed E-state index contributed by atoms with van der Waals surface area (Å²) in [6.07, 6.45) is 3.28. The van der Waals surface area contributed by atoms with Crippen LogP contribution in [0.2, 0.25) is 19.1 Å². The molecule has 5 rings (SSSR count). The highest BCUT2D eigenvalue weighted by Crippen LogP contribution is 2.34. The van der Waals surface area contributed by atoms with E-state index in [0.717, 1.165) is 57.0 Å². The monoisotopic (exact) mass is 595 g/mol. The van der Waals surface area contributed by atoms with Crippen molar-refractivity contribution in [2.45, 2.75) is 45.3 Å². The number of rotatable bonds is 11. The Morgan fingerprint density at radius 3 is 2.55 bits per heavy atom. The topological polar surface area (TPSA) is 120 Å². The summed E-state index contributed by atoms with van der Waals surface area (Å²) in [5.74, 6) is 1.25. The summed E-state index contributed by atoms with van der Waals surface area (Å²) in [7, 11) is 1.45. The summed E-state index contributed by atoms with van der Waals surface area (Å²) in [5.41, 5.74) is 2.69. The molecule has 2 aromatic heterocycles. The molecule has 1 amide bonds. The Labute approximate surface area is 247 Å². The number of hydrogen-bond donors (Lipinski definition) is 2. The van der Waals surface area contributed by atoms with E-state index in [2.05, 4.69) is 50.7 Å². The van der Waals surface area contributed by atoms with Gasteiger partial charge in [-0.15, -0.1) is 0 Å². The van der Waals surface area contributed by atoms with Gasteiger partial charge in [0, 0.05) is 25.7 Å². The normalized spacial score (nSPS) is 16.4. The van der Waals surface area contributed by atoms with Crippen LogP contribution in [0.1, 0.15) is 34.5 Å². The van der Waals surface area contributed by atoms with E-state index in [1.807, 2.05) is 6.92 Å². The first kappa shape index (κ1) is 29.9. The second-order valence-electron chi connectivity index (χ2n) is 11.4. The fraction of sp³-hybridized carbons (Fsp3) is 0.500. The third kappa shape index (κ3) is 6.88. The number of hydrogen-bond acceptors (Lipinski definition) is 10. The standard InChI is InChI=1S/C30H41N5O6Si/c1-20-18-21-8-6-17-42(4,5)24(21)19-23(20)41-25-10-9-22(40-25)27(36)32-26-28(37-2)33-30(34-29(26)38-3)31-11-7-12-35-13-15-39-16-14-35/h9-10,18-19H,6-8,11-17H2,1-5H3,(H,32,36)(H,31,33,34). The Kier molecular flexibility index (Phi) is 9.34. The zero-order valence-corrected chi connectivity index (χ0v) is 26.2. The predicted octanol–water partition coefficient (Wildman–Crippen LogP) is 4.44. The summed E-state index contributed by atoms with van der Waals surface area (Å²) in [5, 5.41) is 7.42. The van der Waals surface area contributed by atoms with Crippen LogP contribution in [0.3, 0.4) is 0 Å². The Morgan fingerprint density at radius 2 is 1.83 bits per heavy atom. The first-order valence-corrected chi connectivity index (χ1v) is 17.7. The van der Waals surface area contributed by atoms with Crippen LogP contribution in [-0.4, -0.2) is 82.5 Å². The van der Waals surface area contributed by atoms with E-state index >= 15 is 0 Å². The maximum Gasteiger partial charge on any atom is 0.291 e. The predicted molar refractivity (Wildman–Crippen MR) is 164 cm³/mol. The lowest BCUT2D eigenvalue weighted by Crippen LogP contribution is -2.46. The number of anilines is 2. The summed E-state index contributed by atoms with van der Waals surface area (Å²) < 4.78 is 28.2. The molecule has 12 heteroatoms. The minimum Gasteiger partial charge on any atom is -0.479 e. The number of morpholine rings is 1. The fourth-order valence-electron chi connectivity index (χ4n) is 5.56. The highest BCUT2D eigenvalue weighted by molar-refractivity contribution is 6.90. The summed E-state index contributed by atoms with van der Waals surface area (Å²) in [6, 6.07) is 8.89. The molecular weight excluding hydrogens is 554 g/mol. The second-order valence-corrected chi connectivity index (χ2v) is 16.2. The van der Waals surface area contributed by atoms with Gasteiger partial charge in [0.05, 0.1) is 35.5 Å². The number of carbonyl (C=O) groups is 1. The van der Waals surface area contributed by atoms with Gasteiger partial charge in [-0.1, -0.05) is 36.8 Å². The molecule has 0 atom stereocenters. The van der Waals surface area contributed by atoms with E-state index in [1.54, 1.807) is 12.1 Å². The van der Waals surface area contributed by atoms with Crippen LogP contribution in [0.5, 0.6) is 23.5 Å². The van der Waals surface area contributed by atoms with E-state index in [4.69, 9.17) is 23.4 Å². The summed E-state index contributed by atoms with van der Waals surface area (Å²) in [4.78, 5) is 24.4. The molecule has 2 aliphatic rings. The Hall–Kier alpha value is -3.61. The molecule has 2 aliphatic heterocycles. The molecule has 226 valence electrons.